The fourth-order valence-electron chi connectivity index (χ4n) is 2.16. The molecule has 5 atom stereocenters. The Balaban J connectivity index is 2.46. The molecular formula is C13H25N3O7. The number of aliphatic hydroxyl groups is 4. The van der Waals surface area contributed by atoms with Crippen LogP contribution in [0.2, 0.25) is 0 Å². The molecule has 2 unspecified atom stereocenters. The van der Waals surface area contributed by atoms with Gasteiger partial charge >= 0.3 is 0 Å². The quantitative estimate of drug-likeness (QED) is 0.0777. The van der Waals surface area contributed by atoms with Gasteiger partial charge < -0.3 is 35.2 Å². The van der Waals surface area contributed by atoms with Crippen molar-refractivity contribution < 1.29 is 34.7 Å². The van der Waals surface area contributed by atoms with Gasteiger partial charge in [-0.2, -0.15) is 0 Å². The van der Waals surface area contributed by atoms with Crippen molar-refractivity contribution >= 4 is 12.3 Å². The molecular weight excluding hydrogens is 310 g/mol. The molecule has 0 spiro atoms. The fourth-order valence-corrected chi connectivity index (χ4v) is 2.16. The van der Waals surface area contributed by atoms with Gasteiger partial charge in [0.05, 0.1) is 19.0 Å². The number of rotatable bonds is 9. The fraction of sp³-hybridized carbons (Fsp3) is 0.846. The lowest BCUT2D eigenvalue weighted by molar-refractivity contribution is -0.319. The Labute approximate surface area is 133 Å². The van der Waals surface area contributed by atoms with E-state index in [1.165, 1.54) is 0 Å². The second-order valence-corrected chi connectivity index (χ2v) is 5.45. The van der Waals surface area contributed by atoms with Gasteiger partial charge in [0.15, 0.2) is 6.23 Å². The van der Waals surface area contributed by atoms with Gasteiger partial charge in [-0.1, -0.05) is 0 Å². The molecule has 0 aromatic rings. The highest BCUT2D eigenvalue weighted by Gasteiger charge is 2.48. The summed E-state index contributed by atoms with van der Waals surface area (Å²) in [5, 5.41) is 51.7. The van der Waals surface area contributed by atoms with Crippen molar-refractivity contribution in [1.29, 1.82) is 5.41 Å². The van der Waals surface area contributed by atoms with Crippen LogP contribution in [0.4, 0.5) is 0 Å². The summed E-state index contributed by atoms with van der Waals surface area (Å²) in [5.74, 6) is -1.78. The lowest BCUT2D eigenvalue weighted by Gasteiger charge is -2.42. The van der Waals surface area contributed by atoms with Crippen LogP contribution in [0.25, 0.3) is 0 Å². The maximum Gasteiger partial charge on any atom is 0.294 e. The average Bonchev–Trinajstić information content (AvgIpc) is 2.51. The average molecular weight is 335 g/mol. The standard InChI is InChI=1S/C13H25N3O7/c1-8(14)15-4-2-3-10(22-7-17)16-6-13(21)12(20)11(19)9(18)5-23-13/h7,9-12,16,18-21H,2-6H2,1H3,(H2,14,15)/t9-,10?,11+,12?,13-/m1/s1. The number of ether oxygens (including phenoxy) is 2. The molecule has 0 radical (unpaired) electrons. The molecule has 0 bridgehead atoms. The van der Waals surface area contributed by atoms with Crippen LogP contribution in [0.1, 0.15) is 19.8 Å². The summed E-state index contributed by atoms with van der Waals surface area (Å²) in [5.41, 5.74) is 0. The monoisotopic (exact) mass is 335 g/mol. The first kappa shape index (κ1) is 19.7. The van der Waals surface area contributed by atoms with E-state index in [4.69, 9.17) is 14.9 Å². The van der Waals surface area contributed by atoms with Crippen LogP contribution < -0.4 is 10.6 Å². The highest BCUT2D eigenvalue weighted by molar-refractivity contribution is 5.75. The summed E-state index contributed by atoms with van der Waals surface area (Å²) in [4.78, 5) is 10.5. The van der Waals surface area contributed by atoms with Gasteiger partial charge in [-0.15, -0.1) is 0 Å². The Morgan fingerprint density at radius 1 is 1.52 bits per heavy atom. The Bertz CT molecular complexity index is 398. The van der Waals surface area contributed by atoms with Gasteiger partial charge in [-0.25, -0.2) is 0 Å². The van der Waals surface area contributed by atoms with Gasteiger partial charge in [0.2, 0.25) is 5.79 Å². The Morgan fingerprint density at radius 3 is 2.83 bits per heavy atom. The maximum absolute atomic E-state index is 10.5. The van der Waals surface area contributed by atoms with Crippen molar-refractivity contribution in [3.8, 4) is 0 Å². The van der Waals surface area contributed by atoms with Crippen LogP contribution in [0.3, 0.4) is 0 Å². The number of hydrogen-bond donors (Lipinski definition) is 7. The van der Waals surface area contributed by atoms with Crippen molar-refractivity contribution in [2.45, 2.75) is 50.1 Å². The van der Waals surface area contributed by atoms with Crippen LogP contribution in [-0.2, 0) is 14.3 Å². The molecule has 1 fully saturated rings. The molecule has 1 rings (SSSR count). The molecule has 0 amide bonds. The predicted octanol–water partition coefficient (Wildman–Crippen LogP) is -2.76. The predicted molar refractivity (Wildman–Crippen MR) is 78.5 cm³/mol. The number of carbonyl (C=O) groups is 1. The highest BCUT2D eigenvalue weighted by atomic mass is 16.6. The van der Waals surface area contributed by atoms with E-state index in [1.807, 2.05) is 0 Å². The minimum Gasteiger partial charge on any atom is -0.449 e. The van der Waals surface area contributed by atoms with Crippen molar-refractivity contribution in [2.75, 3.05) is 19.7 Å². The van der Waals surface area contributed by atoms with Crippen molar-refractivity contribution in [1.82, 2.24) is 10.6 Å². The third-order valence-corrected chi connectivity index (χ3v) is 3.52. The number of hydrogen-bond acceptors (Lipinski definition) is 9. The summed E-state index contributed by atoms with van der Waals surface area (Å²) < 4.78 is 9.83. The van der Waals surface area contributed by atoms with Gasteiger partial charge in [0.25, 0.3) is 6.47 Å². The molecule has 1 aliphatic rings. The topological polar surface area (TPSA) is 164 Å². The molecule has 10 nitrogen and oxygen atoms in total. The van der Waals surface area contributed by atoms with Crippen LogP contribution in [0, 0.1) is 5.41 Å². The van der Waals surface area contributed by atoms with Gasteiger partial charge in [-0.3, -0.25) is 15.5 Å². The summed E-state index contributed by atoms with van der Waals surface area (Å²) in [6.07, 6.45) is -4.29. The first-order valence-electron chi connectivity index (χ1n) is 7.32. The number of carbonyl (C=O) groups excluding carboxylic acids is 1. The normalized spacial score (nSPS) is 32.1. The van der Waals surface area contributed by atoms with E-state index in [0.29, 0.717) is 25.2 Å². The molecule has 0 aromatic heterocycles. The molecule has 23 heavy (non-hydrogen) atoms. The maximum atomic E-state index is 10.5. The molecule has 1 heterocycles. The molecule has 1 saturated heterocycles. The third-order valence-electron chi connectivity index (χ3n) is 3.52. The Morgan fingerprint density at radius 2 is 2.22 bits per heavy atom. The zero-order chi connectivity index (χ0) is 17.5. The highest BCUT2D eigenvalue weighted by Crippen LogP contribution is 2.23. The van der Waals surface area contributed by atoms with Gasteiger partial charge in [0.1, 0.15) is 18.3 Å². The summed E-state index contributed by atoms with van der Waals surface area (Å²) in [6.45, 7) is 1.73. The zero-order valence-electron chi connectivity index (χ0n) is 12.9. The molecule has 134 valence electrons. The molecule has 7 N–H and O–H groups in total. The van der Waals surface area contributed by atoms with Crippen LogP contribution >= 0.6 is 0 Å². The largest absolute Gasteiger partial charge is 0.449 e. The second-order valence-electron chi connectivity index (χ2n) is 5.45. The molecule has 0 aromatic carbocycles. The molecule has 0 aliphatic carbocycles. The number of nitrogens with one attached hydrogen (secondary N) is 3. The van der Waals surface area contributed by atoms with Crippen LogP contribution in [-0.4, -0.2) is 82.8 Å². The lowest BCUT2D eigenvalue weighted by atomic mass is 9.97. The second kappa shape index (κ2) is 9.11. The Hall–Kier alpha value is -1.30. The van der Waals surface area contributed by atoms with E-state index < -0.39 is 30.3 Å². The Kier molecular flexibility index (Phi) is 7.82. The van der Waals surface area contributed by atoms with E-state index in [2.05, 4.69) is 10.6 Å². The van der Waals surface area contributed by atoms with Crippen molar-refractivity contribution in [3.05, 3.63) is 0 Å². The molecule has 10 heteroatoms. The summed E-state index contributed by atoms with van der Waals surface area (Å²) >= 11 is 0. The van der Waals surface area contributed by atoms with E-state index in [0.717, 1.165) is 0 Å². The van der Waals surface area contributed by atoms with Crippen LogP contribution in [0.5, 0.6) is 0 Å². The molecule has 0 saturated carbocycles. The van der Waals surface area contributed by atoms with E-state index in [-0.39, 0.29) is 19.6 Å². The smallest absolute Gasteiger partial charge is 0.294 e. The minimum atomic E-state index is -2.10. The van der Waals surface area contributed by atoms with Crippen LogP contribution in [0.15, 0.2) is 0 Å². The van der Waals surface area contributed by atoms with Gasteiger partial charge in [0, 0.05) is 6.54 Å². The van der Waals surface area contributed by atoms with E-state index in [1.54, 1.807) is 6.92 Å². The van der Waals surface area contributed by atoms with Crippen molar-refractivity contribution in [2.24, 2.45) is 0 Å². The van der Waals surface area contributed by atoms with Crippen molar-refractivity contribution in [3.63, 3.8) is 0 Å². The molecule has 1 aliphatic heterocycles. The zero-order valence-corrected chi connectivity index (χ0v) is 12.9. The van der Waals surface area contributed by atoms with E-state index in [9.17, 15) is 25.2 Å². The first-order valence-corrected chi connectivity index (χ1v) is 7.32. The minimum absolute atomic E-state index is 0.258. The number of amidine groups is 1. The summed E-state index contributed by atoms with van der Waals surface area (Å²) in [6, 6.07) is 0. The SMILES string of the molecule is CC(=N)NCCCC(NC[C@@]1(O)OC[C@@H](O)[C@H](O)C1O)OC=O. The van der Waals surface area contributed by atoms with Gasteiger partial charge in [-0.05, 0) is 19.8 Å². The third kappa shape index (κ3) is 6.01. The number of aliphatic hydroxyl groups excluding tert-OH is 3. The first-order chi connectivity index (χ1) is 10.8. The summed E-state index contributed by atoms with van der Waals surface area (Å²) in [7, 11) is 0. The lowest BCUT2D eigenvalue weighted by Crippen LogP contribution is -2.65. The van der Waals surface area contributed by atoms with E-state index >= 15 is 0 Å².